The van der Waals surface area contributed by atoms with Crippen molar-refractivity contribution in [2.75, 3.05) is 4.90 Å². The van der Waals surface area contributed by atoms with Crippen molar-refractivity contribution < 1.29 is 23.8 Å². The summed E-state index contributed by atoms with van der Waals surface area (Å²) in [5.74, 6) is -0.622. The molecule has 1 amide bonds. The quantitative estimate of drug-likeness (QED) is 0.206. The number of hydrogen-bond acceptors (Lipinski definition) is 5. The zero-order chi connectivity index (χ0) is 27.1. The summed E-state index contributed by atoms with van der Waals surface area (Å²) in [6.45, 7) is 1.88. The predicted molar refractivity (Wildman–Crippen MR) is 152 cm³/mol. The monoisotopic (exact) mass is 579 g/mol. The van der Waals surface area contributed by atoms with Crippen LogP contribution in [0.2, 0.25) is 0 Å². The van der Waals surface area contributed by atoms with Gasteiger partial charge in [0, 0.05) is 15.5 Å². The lowest BCUT2D eigenvalue weighted by atomic mass is 9.94. The van der Waals surface area contributed by atoms with Crippen LogP contribution in [-0.2, 0) is 4.79 Å². The van der Waals surface area contributed by atoms with Gasteiger partial charge >= 0.3 is 0 Å². The van der Waals surface area contributed by atoms with E-state index in [1.54, 1.807) is 36.4 Å². The number of furan rings is 1. The summed E-state index contributed by atoms with van der Waals surface area (Å²) in [5, 5.41) is 11.9. The molecule has 2 heterocycles. The van der Waals surface area contributed by atoms with Gasteiger partial charge in [-0.2, -0.15) is 0 Å². The Morgan fingerprint density at radius 2 is 1.64 bits per heavy atom. The number of aliphatic hydroxyl groups is 1. The molecule has 6 nitrogen and oxygen atoms in total. The van der Waals surface area contributed by atoms with E-state index in [1.807, 2.05) is 73.7 Å². The third-order valence-corrected chi connectivity index (χ3v) is 7.18. The third-order valence-electron chi connectivity index (χ3n) is 6.68. The van der Waals surface area contributed by atoms with Crippen molar-refractivity contribution in [1.82, 2.24) is 0 Å². The third kappa shape index (κ3) is 4.51. The minimum Gasteiger partial charge on any atom is -0.503 e. The summed E-state index contributed by atoms with van der Waals surface area (Å²) < 4.78 is 12.7. The molecule has 0 saturated carbocycles. The number of anilines is 1. The van der Waals surface area contributed by atoms with Crippen molar-refractivity contribution >= 4 is 44.3 Å². The molecule has 0 saturated heterocycles. The highest BCUT2D eigenvalue weighted by atomic mass is 79.9. The molecular formula is C32H22BrNO5. The number of fused-ring (bicyclic) bond motifs is 1. The minimum absolute atomic E-state index is 0.0331. The summed E-state index contributed by atoms with van der Waals surface area (Å²) in [6.07, 6.45) is 0. The van der Waals surface area contributed by atoms with Gasteiger partial charge in [-0.15, -0.1) is 0 Å². The van der Waals surface area contributed by atoms with Crippen LogP contribution in [0, 0.1) is 6.92 Å². The molecule has 5 aromatic rings. The molecule has 39 heavy (non-hydrogen) atoms. The van der Waals surface area contributed by atoms with Crippen LogP contribution >= 0.6 is 15.9 Å². The number of hydrogen-bond donors (Lipinski definition) is 1. The van der Waals surface area contributed by atoms with E-state index in [1.165, 1.54) is 4.90 Å². The van der Waals surface area contributed by atoms with Gasteiger partial charge in [0.15, 0.2) is 11.5 Å². The van der Waals surface area contributed by atoms with E-state index in [2.05, 4.69) is 15.9 Å². The lowest BCUT2D eigenvalue weighted by Crippen LogP contribution is -2.31. The van der Waals surface area contributed by atoms with Gasteiger partial charge in [-0.1, -0.05) is 64.5 Å². The Bertz CT molecular complexity index is 1770. The minimum atomic E-state index is -0.912. The Morgan fingerprint density at radius 1 is 0.897 bits per heavy atom. The second-order valence-corrected chi connectivity index (χ2v) is 10.2. The number of para-hydroxylation sites is 2. The Hall–Kier alpha value is -4.62. The Balaban J connectivity index is 1.48. The predicted octanol–water partition coefficient (Wildman–Crippen LogP) is 8.08. The molecular weight excluding hydrogens is 558 g/mol. The number of Topliss-reactive ketones (excluding diaryl/α,β-unsaturated/α-hetero) is 1. The number of aliphatic hydroxyl groups excluding tert-OH is 1. The molecule has 1 unspecified atom stereocenters. The van der Waals surface area contributed by atoms with Crippen LogP contribution in [0.3, 0.4) is 0 Å². The molecule has 0 aliphatic carbocycles. The fourth-order valence-corrected chi connectivity index (χ4v) is 5.25. The van der Waals surface area contributed by atoms with Crippen LogP contribution in [0.5, 0.6) is 11.5 Å². The SMILES string of the molecule is Cc1ccccc1N1C(=O)C(O)=C(C(=O)c2cc3cc(Br)ccc3o2)C1c1cccc(Oc2ccccc2)c1. The molecule has 6 rings (SSSR count). The first kappa shape index (κ1) is 24.7. The zero-order valence-electron chi connectivity index (χ0n) is 20.8. The number of aryl methyl sites for hydroxylation is 1. The molecule has 192 valence electrons. The van der Waals surface area contributed by atoms with Crippen molar-refractivity contribution in [1.29, 1.82) is 0 Å². The number of nitrogens with zero attached hydrogens (tertiary/aromatic N) is 1. The molecule has 4 aromatic carbocycles. The highest BCUT2D eigenvalue weighted by Crippen LogP contribution is 2.44. The average molecular weight is 580 g/mol. The van der Waals surface area contributed by atoms with Crippen LogP contribution in [0.4, 0.5) is 5.69 Å². The van der Waals surface area contributed by atoms with Crippen LogP contribution in [-0.4, -0.2) is 16.8 Å². The van der Waals surface area contributed by atoms with E-state index in [-0.39, 0.29) is 11.3 Å². The Morgan fingerprint density at radius 3 is 2.44 bits per heavy atom. The van der Waals surface area contributed by atoms with Crippen molar-refractivity contribution in [2.45, 2.75) is 13.0 Å². The van der Waals surface area contributed by atoms with Crippen molar-refractivity contribution in [3.8, 4) is 11.5 Å². The first-order chi connectivity index (χ1) is 18.9. The van der Waals surface area contributed by atoms with E-state index >= 15 is 0 Å². The van der Waals surface area contributed by atoms with Crippen LogP contribution < -0.4 is 9.64 Å². The molecule has 1 aliphatic rings. The maximum absolute atomic E-state index is 13.9. The topological polar surface area (TPSA) is 80.0 Å². The number of benzene rings is 4. The van der Waals surface area contributed by atoms with E-state index in [9.17, 15) is 14.7 Å². The number of carbonyl (C=O) groups excluding carboxylic acids is 2. The van der Waals surface area contributed by atoms with Gasteiger partial charge in [0.1, 0.15) is 17.1 Å². The van der Waals surface area contributed by atoms with Gasteiger partial charge in [-0.3, -0.25) is 14.5 Å². The van der Waals surface area contributed by atoms with Gasteiger partial charge in [0.05, 0.1) is 11.6 Å². The number of amides is 1. The Kier molecular flexibility index (Phi) is 6.29. The maximum Gasteiger partial charge on any atom is 0.294 e. The highest BCUT2D eigenvalue weighted by molar-refractivity contribution is 9.10. The molecule has 1 aromatic heterocycles. The molecule has 1 aliphatic heterocycles. The van der Waals surface area contributed by atoms with E-state index in [0.29, 0.717) is 28.3 Å². The standard InChI is InChI=1S/C32H22BrNO5/c1-19-8-5-6-13-25(19)34-29(20-9-7-12-24(17-20)38-23-10-3-2-4-11-23)28(31(36)32(34)37)30(35)27-18-21-16-22(33)14-15-26(21)39-27/h2-18,29,36H,1H3. The smallest absolute Gasteiger partial charge is 0.294 e. The lowest BCUT2D eigenvalue weighted by molar-refractivity contribution is -0.117. The fraction of sp³-hybridized carbons (Fsp3) is 0.0625. The van der Waals surface area contributed by atoms with Crippen molar-refractivity contribution in [3.63, 3.8) is 0 Å². The van der Waals surface area contributed by atoms with Gasteiger partial charge in [0.25, 0.3) is 5.91 Å². The lowest BCUT2D eigenvalue weighted by Gasteiger charge is -2.28. The highest BCUT2D eigenvalue weighted by Gasteiger charge is 2.45. The number of halogens is 1. The van der Waals surface area contributed by atoms with Gasteiger partial charge in [-0.05, 0) is 72.6 Å². The molecule has 1 N–H and O–H groups in total. The number of rotatable bonds is 6. The molecule has 7 heteroatoms. The first-order valence-corrected chi connectivity index (χ1v) is 13.1. The summed E-state index contributed by atoms with van der Waals surface area (Å²) in [4.78, 5) is 29.0. The van der Waals surface area contributed by atoms with E-state index < -0.39 is 23.5 Å². The first-order valence-electron chi connectivity index (χ1n) is 12.3. The average Bonchev–Trinajstić information content (AvgIpc) is 3.48. The molecule has 1 atom stereocenters. The molecule has 0 fully saturated rings. The van der Waals surface area contributed by atoms with Gasteiger partial charge < -0.3 is 14.3 Å². The second kappa shape index (κ2) is 9.93. The summed E-state index contributed by atoms with van der Waals surface area (Å²) in [5.41, 5.74) is 2.48. The van der Waals surface area contributed by atoms with Crippen molar-refractivity contribution in [2.24, 2.45) is 0 Å². The summed E-state index contributed by atoms with van der Waals surface area (Å²) in [6, 6.07) is 30.0. The van der Waals surface area contributed by atoms with Crippen molar-refractivity contribution in [3.05, 3.63) is 136 Å². The van der Waals surface area contributed by atoms with E-state index in [4.69, 9.17) is 9.15 Å². The van der Waals surface area contributed by atoms with Crippen LogP contribution in [0.25, 0.3) is 11.0 Å². The molecule has 0 spiro atoms. The zero-order valence-corrected chi connectivity index (χ0v) is 22.4. The fourth-order valence-electron chi connectivity index (χ4n) is 4.87. The summed E-state index contributed by atoms with van der Waals surface area (Å²) >= 11 is 3.43. The second-order valence-electron chi connectivity index (χ2n) is 9.24. The number of ketones is 1. The van der Waals surface area contributed by atoms with Crippen LogP contribution in [0.15, 0.2) is 123 Å². The summed E-state index contributed by atoms with van der Waals surface area (Å²) in [7, 11) is 0. The number of ether oxygens (including phenoxy) is 1. The molecule has 0 radical (unpaired) electrons. The Labute approximate surface area is 232 Å². The van der Waals surface area contributed by atoms with Gasteiger partial charge in [0.2, 0.25) is 5.78 Å². The van der Waals surface area contributed by atoms with Crippen LogP contribution in [0.1, 0.15) is 27.7 Å². The normalized spacial score (nSPS) is 15.3. The van der Waals surface area contributed by atoms with Gasteiger partial charge in [-0.25, -0.2) is 0 Å². The molecule has 0 bridgehead atoms. The maximum atomic E-state index is 13.9. The number of carbonyl (C=O) groups is 2. The largest absolute Gasteiger partial charge is 0.503 e. The van der Waals surface area contributed by atoms with E-state index in [0.717, 1.165) is 15.4 Å².